The highest BCUT2D eigenvalue weighted by Crippen LogP contribution is 2.35. The lowest BCUT2D eigenvalue weighted by molar-refractivity contribution is 0.372. The normalized spacial score (nSPS) is 16.7. The third-order valence-corrected chi connectivity index (χ3v) is 4.51. The maximum atomic E-state index is 6.42. The number of hydrogen-bond acceptors (Lipinski definition) is 5. The molecule has 0 atom stereocenters. The van der Waals surface area contributed by atoms with E-state index in [1.807, 2.05) is 35.1 Å². The van der Waals surface area contributed by atoms with E-state index in [2.05, 4.69) is 21.3 Å². The van der Waals surface area contributed by atoms with E-state index in [1.165, 1.54) is 0 Å². The van der Waals surface area contributed by atoms with Crippen LogP contribution in [0.3, 0.4) is 0 Å². The third-order valence-electron chi connectivity index (χ3n) is 4.51. The first kappa shape index (κ1) is 14.1. The van der Waals surface area contributed by atoms with Crippen molar-refractivity contribution in [3.05, 3.63) is 54.1 Å². The third kappa shape index (κ3) is 2.66. The molecule has 1 saturated carbocycles. The van der Waals surface area contributed by atoms with E-state index in [-0.39, 0.29) is 0 Å². The predicted molar refractivity (Wildman–Crippen MR) is 85.4 cm³/mol. The molecule has 1 fully saturated rings. The number of nitrogens with two attached hydrogens (primary N) is 1. The molecule has 0 amide bonds. The summed E-state index contributed by atoms with van der Waals surface area (Å²) in [6, 6.07) is 9.93. The molecule has 6 heteroatoms. The van der Waals surface area contributed by atoms with Crippen molar-refractivity contribution in [3.63, 3.8) is 0 Å². The SMILES string of the molecule is NC1(c2noc(-c3ccccc3Cn3cccn3)n2)CCCC1. The molecule has 1 aromatic carbocycles. The summed E-state index contributed by atoms with van der Waals surface area (Å²) in [5, 5.41) is 8.41. The van der Waals surface area contributed by atoms with E-state index in [4.69, 9.17) is 10.3 Å². The number of nitrogens with zero attached hydrogens (tertiary/aromatic N) is 4. The highest BCUT2D eigenvalue weighted by Gasteiger charge is 2.36. The van der Waals surface area contributed by atoms with Gasteiger partial charge in [-0.15, -0.1) is 0 Å². The van der Waals surface area contributed by atoms with Gasteiger partial charge in [-0.3, -0.25) is 4.68 Å². The Balaban J connectivity index is 1.67. The molecule has 0 radical (unpaired) electrons. The minimum absolute atomic E-state index is 0.432. The Labute approximate surface area is 134 Å². The summed E-state index contributed by atoms with van der Waals surface area (Å²) in [6.45, 7) is 0.661. The molecule has 3 aromatic rings. The Bertz CT molecular complexity index is 787. The van der Waals surface area contributed by atoms with Crippen LogP contribution in [0.2, 0.25) is 0 Å². The van der Waals surface area contributed by atoms with Gasteiger partial charge in [0.05, 0.1) is 12.1 Å². The number of aromatic nitrogens is 4. The van der Waals surface area contributed by atoms with Crippen molar-refractivity contribution in [2.24, 2.45) is 5.73 Å². The summed E-state index contributed by atoms with van der Waals surface area (Å²) >= 11 is 0. The topological polar surface area (TPSA) is 82.8 Å². The molecule has 4 rings (SSSR count). The van der Waals surface area contributed by atoms with Crippen molar-refractivity contribution in [1.82, 2.24) is 19.9 Å². The first-order valence-electron chi connectivity index (χ1n) is 7.93. The van der Waals surface area contributed by atoms with Gasteiger partial charge in [-0.05, 0) is 30.5 Å². The van der Waals surface area contributed by atoms with E-state index in [1.54, 1.807) is 6.20 Å². The first-order chi connectivity index (χ1) is 11.2. The van der Waals surface area contributed by atoms with Crippen molar-refractivity contribution in [2.45, 2.75) is 37.8 Å². The zero-order valence-corrected chi connectivity index (χ0v) is 12.9. The molecule has 0 unspecified atom stereocenters. The van der Waals surface area contributed by atoms with Gasteiger partial charge in [-0.1, -0.05) is 36.2 Å². The van der Waals surface area contributed by atoms with Gasteiger partial charge in [-0.25, -0.2) is 0 Å². The lowest BCUT2D eigenvalue weighted by Crippen LogP contribution is -2.34. The molecule has 118 valence electrons. The van der Waals surface area contributed by atoms with Crippen LogP contribution < -0.4 is 5.73 Å². The van der Waals surface area contributed by atoms with Gasteiger partial charge in [0.2, 0.25) is 0 Å². The van der Waals surface area contributed by atoms with E-state index in [0.717, 1.165) is 36.8 Å². The van der Waals surface area contributed by atoms with Crippen molar-refractivity contribution < 1.29 is 4.52 Å². The van der Waals surface area contributed by atoms with Gasteiger partial charge in [0.1, 0.15) is 0 Å². The monoisotopic (exact) mass is 309 g/mol. The molecule has 2 N–H and O–H groups in total. The van der Waals surface area contributed by atoms with E-state index in [0.29, 0.717) is 18.3 Å². The molecule has 2 aromatic heterocycles. The zero-order valence-electron chi connectivity index (χ0n) is 12.9. The molecule has 0 spiro atoms. The maximum absolute atomic E-state index is 6.42. The quantitative estimate of drug-likeness (QED) is 0.801. The molecule has 0 bridgehead atoms. The van der Waals surface area contributed by atoms with Crippen LogP contribution in [-0.4, -0.2) is 19.9 Å². The predicted octanol–water partition coefficient (Wildman–Crippen LogP) is 2.71. The zero-order chi connectivity index (χ0) is 15.7. The van der Waals surface area contributed by atoms with E-state index < -0.39 is 5.54 Å². The first-order valence-corrected chi connectivity index (χ1v) is 7.93. The van der Waals surface area contributed by atoms with Crippen LogP contribution in [0.15, 0.2) is 47.2 Å². The Kier molecular flexibility index (Phi) is 3.46. The second-order valence-corrected chi connectivity index (χ2v) is 6.15. The van der Waals surface area contributed by atoms with Crippen LogP contribution in [0.4, 0.5) is 0 Å². The average Bonchev–Trinajstić information content (AvgIpc) is 3.29. The second-order valence-electron chi connectivity index (χ2n) is 6.15. The lowest BCUT2D eigenvalue weighted by Gasteiger charge is -2.17. The van der Waals surface area contributed by atoms with Crippen molar-refractivity contribution in [3.8, 4) is 11.5 Å². The van der Waals surface area contributed by atoms with Gasteiger partial charge in [0.25, 0.3) is 5.89 Å². The van der Waals surface area contributed by atoms with Crippen molar-refractivity contribution >= 4 is 0 Å². The molecule has 1 aliphatic rings. The van der Waals surface area contributed by atoms with Crippen LogP contribution in [0.1, 0.15) is 37.1 Å². The van der Waals surface area contributed by atoms with Crippen LogP contribution >= 0.6 is 0 Å². The minimum Gasteiger partial charge on any atom is -0.334 e. The highest BCUT2D eigenvalue weighted by atomic mass is 16.5. The Morgan fingerprint density at radius 1 is 1.17 bits per heavy atom. The largest absolute Gasteiger partial charge is 0.334 e. The van der Waals surface area contributed by atoms with Crippen LogP contribution in [0.5, 0.6) is 0 Å². The van der Waals surface area contributed by atoms with Gasteiger partial charge >= 0.3 is 0 Å². The van der Waals surface area contributed by atoms with Gasteiger partial charge < -0.3 is 10.3 Å². The van der Waals surface area contributed by atoms with Gasteiger partial charge in [-0.2, -0.15) is 10.1 Å². The molecule has 2 heterocycles. The summed E-state index contributed by atoms with van der Waals surface area (Å²) < 4.78 is 7.39. The number of benzene rings is 1. The molecule has 23 heavy (non-hydrogen) atoms. The average molecular weight is 309 g/mol. The fraction of sp³-hybridized carbons (Fsp3) is 0.353. The Morgan fingerprint density at radius 3 is 2.78 bits per heavy atom. The fourth-order valence-corrected chi connectivity index (χ4v) is 3.20. The molecule has 1 aliphatic carbocycles. The standard InChI is InChI=1S/C17H19N5O/c18-17(8-3-4-9-17)16-20-15(23-21-16)14-7-2-1-6-13(14)12-22-11-5-10-19-22/h1-2,5-7,10-11H,3-4,8-9,12,18H2. The van der Waals surface area contributed by atoms with Gasteiger partial charge in [0, 0.05) is 18.0 Å². The molecular weight excluding hydrogens is 290 g/mol. The summed E-state index contributed by atoms with van der Waals surface area (Å²) in [4.78, 5) is 4.59. The van der Waals surface area contributed by atoms with E-state index in [9.17, 15) is 0 Å². The van der Waals surface area contributed by atoms with Crippen molar-refractivity contribution in [1.29, 1.82) is 0 Å². The fourth-order valence-electron chi connectivity index (χ4n) is 3.20. The summed E-state index contributed by atoms with van der Waals surface area (Å²) in [7, 11) is 0. The maximum Gasteiger partial charge on any atom is 0.258 e. The molecule has 0 aliphatic heterocycles. The summed E-state index contributed by atoms with van der Waals surface area (Å²) in [6.07, 6.45) is 7.78. The lowest BCUT2D eigenvalue weighted by atomic mass is 9.98. The Hall–Kier alpha value is -2.47. The molecule has 0 saturated heterocycles. The van der Waals surface area contributed by atoms with E-state index >= 15 is 0 Å². The number of hydrogen-bond donors (Lipinski definition) is 1. The molecular formula is C17H19N5O. The highest BCUT2D eigenvalue weighted by molar-refractivity contribution is 5.58. The summed E-state index contributed by atoms with van der Waals surface area (Å²) in [5.41, 5.74) is 8.01. The minimum atomic E-state index is -0.432. The van der Waals surface area contributed by atoms with Gasteiger partial charge in [0.15, 0.2) is 5.82 Å². The smallest absolute Gasteiger partial charge is 0.258 e. The van der Waals surface area contributed by atoms with Crippen LogP contribution in [0, 0.1) is 0 Å². The van der Waals surface area contributed by atoms with Crippen LogP contribution in [0.25, 0.3) is 11.5 Å². The second kappa shape index (κ2) is 5.62. The van der Waals surface area contributed by atoms with Crippen molar-refractivity contribution in [2.75, 3.05) is 0 Å². The number of rotatable bonds is 4. The van der Waals surface area contributed by atoms with Crippen LogP contribution in [-0.2, 0) is 12.1 Å². The Morgan fingerprint density at radius 2 is 2.00 bits per heavy atom. The summed E-state index contributed by atoms with van der Waals surface area (Å²) in [5.74, 6) is 1.15. The molecule has 6 nitrogen and oxygen atoms in total.